The van der Waals surface area contributed by atoms with Gasteiger partial charge >= 0.3 is 5.97 Å². The number of nitrogens with one attached hydrogen (secondary N) is 1. The van der Waals surface area contributed by atoms with E-state index < -0.39 is 28.8 Å². The van der Waals surface area contributed by atoms with E-state index in [-0.39, 0.29) is 11.4 Å². The molecule has 0 saturated carbocycles. The summed E-state index contributed by atoms with van der Waals surface area (Å²) in [6.07, 6.45) is -1.20. The summed E-state index contributed by atoms with van der Waals surface area (Å²) in [6, 6.07) is 13.0. The maximum Gasteiger partial charge on any atom is 0.309 e. The van der Waals surface area contributed by atoms with E-state index in [0.29, 0.717) is 11.1 Å². The highest BCUT2D eigenvalue weighted by Crippen LogP contribution is 2.28. The SMILES string of the molecule is Cc1ccc(NC(=O)C(OC(=O)C(C)C)c2ccccc2)c([N+](=O)[O-])c1. The van der Waals surface area contributed by atoms with Gasteiger partial charge in [-0.3, -0.25) is 19.7 Å². The zero-order chi connectivity index (χ0) is 19.3. The Morgan fingerprint density at radius 2 is 1.77 bits per heavy atom. The zero-order valence-electron chi connectivity index (χ0n) is 14.8. The number of ether oxygens (including phenoxy) is 1. The molecule has 0 bridgehead atoms. The lowest BCUT2D eigenvalue weighted by atomic mass is 10.1. The van der Waals surface area contributed by atoms with E-state index in [1.165, 1.54) is 12.1 Å². The van der Waals surface area contributed by atoms with Crippen LogP contribution in [0.2, 0.25) is 0 Å². The molecule has 26 heavy (non-hydrogen) atoms. The molecule has 1 N–H and O–H groups in total. The van der Waals surface area contributed by atoms with Crippen LogP contribution in [0.4, 0.5) is 11.4 Å². The van der Waals surface area contributed by atoms with Crippen LogP contribution in [0.25, 0.3) is 0 Å². The molecular weight excluding hydrogens is 336 g/mol. The Balaban J connectivity index is 2.33. The standard InChI is InChI=1S/C19H20N2O5/c1-12(2)19(23)26-17(14-7-5-4-6-8-14)18(22)20-15-10-9-13(3)11-16(15)21(24)25/h4-12,17H,1-3H3,(H,20,22). The lowest BCUT2D eigenvalue weighted by Crippen LogP contribution is -2.27. The molecule has 0 aromatic heterocycles. The molecule has 7 nitrogen and oxygen atoms in total. The summed E-state index contributed by atoms with van der Waals surface area (Å²) >= 11 is 0. The molecule has 136 valence electrons. The summed E-state index contributed by atoms with van der Waals surface area (Å²) in [5.74, 6) is -1.60. The fraction of sp³-hybridized carbons (Fsp3) is 0.263. The Kier molecular flexibility index (Phi) is 6.06. The highest BCUT2D eigenvalue weighted by molar-refractivity contribution is 5.97. The van der Waals surface area contributed by atoms with Gasteiger partial charge in [-0.15, -0.1) is 0 Å². The Bertz CT molecular complexity index is 818. The van der Waals surface area contributed by atoms with Crippen molar-refractivity contribution in [1.82, 2.24) is 0 Å². The Hall–Kier alpha value is -3.22. The molecule has 2 aromatic carbocycles. The quantitative estimate of drug-likeness (QED) is 0.482. The van der Waals surface area contributed by atoms with Crippen LogP contribution < -0.4 is 5.32 Å². The van der Waals surface area contributed by atoms with Crippen LogP contribution in [-0.2, 0) is 14.3 Å². The second-order valence-electron chi connectivity index (χ2n) is 6.15. The molecule has 0 heterocycles. The van der Waals surface area contributed by atoms with Gasteiger partial charge in [0.25, 0.3) is 11.6 Å². The number of nitrogens with zero attached hydrogens (tertiary/aromatic N) is 1. The number of carbonyl (C=O) groups is 2. The number of amides is 1. The maximum atomic E-state index is 12.7. The molecule has 1 atom stereocenters. The lowest BCUT2D eigenvalue weighted by molar-refractivity contribution is -0.384. The predicted octanol–water partition coefficient (Wildman–Crippen LogP) is 3.78. The number of aryl methyl sites for hydroxylation is 1. The molecular formula is C19H20N2O5. The minimum absolute atomic E-state index is 0.0483. The summed E-state index contributed by atoms with van der Waals surface area (Å²) < 4.78 is 5.34. The molecule has 1 unspecified atom stereocenters. The highest BCUT2D eigenvalue weighted by atomic mass is 16.6. The van der Waals surface area contributed by atoms with Gasteiger partial charge in [0.2, 0.25) is 6.10 Å². The van der Waals surface area contributed by atoms with Crippen molar-refractivity contribution in [2.24, 2.45) is 5.92 Å². The first-order chi connectivity index (χ1) is 12.3. The monoisotopic (exact) mass is 356 g/mol. The largest absolute Gasteiger partial charge is 0.447 e. The minimum Gasteiger partial charge on any atom is -0.447 e. The number of esters is 1. The second-order valence-corrected chi connectivity index (χ2v) is 6.15. The minimum atomic E-state index is -1.20. The highest BCUT2D eigenvalue weighted by Gasteiger charge is 2.28. The first kappa shape index (κ1) is 19.1. The first-order valence-corrected chi connectivity index (χ1v) is 8.11. The summed E-state index contributed by atoms with van der Waals surface area (Å²) in [7, 11) is 0. The molecule has 0 radical (unpaired) electrons. The number of benzene rings is 2. The number of carbonyl (C=O) groups excluding carboxylic acids is 2. The summed E-state index contributed by atoms with van der Waals surface area (Å²) in [4.78, 5) is 35.4. The molecule has 0 fully saturated rings. The molecule has 0 aliphatic carbocycles. The van der Waals surface area contributed by atoms with E-state index in [1.54, 1.807) is 57.2 Å². The van der Waals surface area contributed by atoms with Gasteiger partial charge in [0, 0.05) is 11.6 Å². The summed E-state index contributed by atoms with van der Waals surface area (Å²) in [6.45, 7) is 5.04. The number of rotatable bonds is 6. The van der Waals surface area contributed by atoms with Crippen LogP contribution in [0.3, 0.4) is 0 Å². The number of hydrogen-bond acceptors (Lipinski definition) is 5. The number of hydrogen-bond donors (Lipinski definition) is 1. The van der Waals surface area contributed by atoms with Gasteiger partial charge in [-0.2, -0.15) is 0 Å². The van der Waals surface area contributed by atoms with E-state index in [4.69, 9.17) is 4.74 Å². The second kappa shape index (κ2) is 8.24. The Labute approximate surface area is 151 Å². The average Bonchev–Trinajstić information content (AvgIpc) is 2.61. The van der Waals surface area contributed by atoms with E-state index in [1.807, 2.05) is 0 Å². The fourth-order valence-electron chi connectivity index (χ4n) is 2.25. The van der Waals surface area contributed by atoms with Crippen molar-refractivity contribution >= 4 is 23.3 Å². The van der Waals surface area contributed by atoms with Gasteiger partial charge in [0.15, 0.2) is 0 Å². The van der Waals surface area contributed by atoms with E-state index in [0.717, 1.165) is 0 Å². The average molecular weight is 356 g/mol. The fourth-order valence-corrected chi connectivity index (χ4v) is 2.25. The van der Waals surface area contributed by atoms with Crippen molar-refractivity contribution in [3.63, 3.8) is 0 Å². The third kappa shape index (κ3) is 4.66. The normalized spacial score (nSPS) is 11.7. The lowest BCUT2D eigenvalue weighted by Gasteiger charge is -2.19. The van der Waals surface area contributed by atoms with Gasteiger partial charge in [-0.1, -0.05) is 50.2 Å². The summed E-state index contributed by atoms with van der Waals surface area (Å²) in [5.41, 5.74) is 1.00. The Morgan fingerprint density at radius 1 is 1.12 bits per heavy atom. The van der Waals surface area contributed by atoms with E-state index >= 15 is 0 Å². The van der Waals surface area contributed by atoms with Gasteiger partial charge < -0.3 is 10.1 Å². The van der Waals surface area contributed by atoms with E-state index in [9.17, 15) is 19.7 Å². The Morgan fingerprint density at radius 3 is 2.35 bits per heavy atom. The van der Waals surface area contributed by atoms with Crippen LogP contribution in [-0.4, -0.2) is 16.8 Å². The van der Waals surface area contributed by atoms with Gasteiger partial charge in [0.05, 0.1) is 10.8 Å². The van der Waals surface area contributed by atoms with Crippen LogP contribution >= 0.6 is 0 Å². The number of anilines is 1. The topological polar surface area (TPSA) is 98.5 Å². The van der Waals surface area contributed by atoms with Gasteiger partial charge in [-0.25, -0.2) is 0 Å². The molecule has 1 amide bonds. The van der Waals surface area contributed by atoms with Crippen molar-refractivity contribution in [3.05, 3.63) is 69.8 Å². The van der Waals surface area contributed by atoms with Gasteiger partial charge in [-0.05, 0) is 18.6 Å². The first-order valence-electron chi connectivity index (χ1n) is 8.11. The van der Waals surface area contributed by atoms with Crippen LogP contribution in [0.1, 0.15) is 31.1 Å². The van der Waals surface area contributed by atoms with E-state index in [2.05, 4.69) is 5.32 Å². The van der Waals surface area contributed by atoms with Crippen LogP contribution in [0, 0.1) is 23.0 Å². The third-order valence-electron chi connectivity index (χ3n) is 3.65. The molecule has 0 aliphatic rings. The molecule has 7 heteroatoms. The van der Waals surface area contributed by atoms with Crippen molar-refractivity contribution in [2.45, 2.75) is 26.9 Å². The smallest absolute Gasteiger partial charge is 0.309 e. The zero-order valence-corrected chi connectivity index (χ0v) is 14.8. The summed E-state index contributed by atoms with van der Waals surface area (Å²) in [5, 5.41) is 13.7. The molecule has 2 aromatic rings. The molecule has 2 rings (SSSR count). The van der Waals surface area contributed by atoms with Crippen LogP contribution in [0.15, 0.2) is 48.5 Å². The number of nitro benzene ring substituents is 1. The molecule has 0 spiro atoms. The van der Waals surface area contributed by atoms with Crippen LogP contribution in [0.5, 0.6) is 0 Å². The molecule has 0 aliphatic heterocycles. The maximum absolute atomic E-state index is 12.7. The van der Waals surface area contributed by atoms with Crippen molar-refractivity contribution < 1.29 is 19.2 Å². The predicted molar refractivity (Wildman–Crippen MR) is 96.6 cm³/mol. The number of nitro groups is 1. The van der Waals surface area contributed by atoms with Crippen molar-refractivity contribution in [3.8, 4) is 0 Å². The van der Waals surface area contributed by atoms with Crippen molar-refractivity contribution in [1.29, 1.82) is 0 Å². The molecule has 0 saturated heterocycles. The van der Waals surface area contributed by atoms with Gasteiger partial charge in [0.1, 0.15) is 5.69 Å². The van der Waals surface area contributed by atoms with Crippen molar-refractivity contribution in [2.75, 3.05) is 5.32 Å². The third-order valence-corrected chi connectivity index (χ3v) is 3.65.